The molecule has 21 heavy (non-hydrogen) atoms. The van der Waals surface area contributed by atoms with Crippen LogP contribution in [0.5, 0.6) is 0 Å². The Balaban J connectivity index is 2.33. The molecular weight excluding hydrogens is 395 g/mol. The molecule has 0 heterocycles. The van der Waals surface area contributed by atoms with E-state index in [0.29, 0.717) is 31.3 Å². The van der Waals surface area contributed by atoms with Crippen LogP contribution in [-0.4, -0.2) is 10.9 Å². The van der Waals surface area contributed by atoms with Gasteiger partial charge in [0.05, 0.1) is 16.3 Å². The van der Waals surface area contributed by atoms with E-state index < -0.39 is 0 Å². The van der Waals surface area contributed by atoms with Gasteiger partial charge >= 0.3 is 0 Å². The Kier molecular flexibility index (Phi) is 5.22. The van der Waals surface area contributed by atoms with Gasteiger partial charge in [0.1, 0.15) is 4.99 Å². The lowest BCUT2D eigenvalue weighted by Gasteiger charge is -2.10. The summed E-state index contributed by atoms with van der Waals surface area (Å²) in [5, 5.41) is 3.57. The summed E-state index contributed by atoms with van der Waals surface area (Å²) in [6.45, 7) is 0. The quantitative estimate of drug-likeness (QED) is 0.733. The van der Waals surface area contributed by atoms with Gasteiger partial charge in [0.25, 0.3) is 5.91 Å². The number of nitrogens with one attached hydrogen (secondary N) is 1. The fraction of sp³-hybridized carbons (Fsp3) is 0. The average Bonchev–Trinajstić information content (AvgIpc) is 2.43. The van der Waals surface area contributed by atoms with Crippen molar-refractivity contribution in [3.8, 4) is 0 Å². The summed E-state index contributed by atoms with van der Waals surface area (Å²) in [5.41, 5.74) is 7.02. The van der Waals surface area contributed by atoms with Crippen LogP contribution in [0, 0.1) is 0 Å². The zero-order chi connectivity index (χ0) is 15.6. The third kappa shape index (κ3) is 3.95. The first-order valence-electron chi connectivity index (χ1n) is 5.74. The molecule has 3 N–H and O–H groups in total. The van der Waals surface area contributed by atoms with Gasteiger partial charge in [0.2, 0.25) is 0 Å². The number of nitrogens with two attached hydrogens (primary N) is 1. The van der Waals surface area contributed by atoms with Crippen molar-refractivity contribution >= 4 is 67.9 Å². The van der Waals surface area contributed by atoms with Gasteiger partial charge < -0.3 is 11.1 Å². The van der Waals surface area contributed by atoms with Crippen LogP contribution < -0.4 is 11.1 Å². The van der Waals surface area contributed by atoms with Crippen molar-refractivity contribution in [2.24, 2.45) is 5.73 Å². The number of anilines is 1. The molecule has 2 rings (SSSR count). The molecular formula is C14H9BrCl2N2OS. The van der Waals surface area contributed by atoms with Gasteiger partial charge in [-0.25, -0.2) is 0 Å². The second kappa shape index (κ2) is 6.75. The number of thiocarbonyl (C=S) groups is 1. The molecule has 0 aromatic heterocycles. The summed E-state index contributed by atoms with van der Waals surface area (Å²) >= 11 is 20.2. The lowest BCUT2D eigenvalue weighted by molar-refractivity contribution is 0.102. The van der Waals surface area contributed by atoms with E-state index in [1.54, 1.807) is 36.4 Å². The number of halogens is 3. The fourth-order valence-corrected chi connectivity index (χ4v) is 2.53. The molecule has 0 aliphatic carbocycles. The molecule has 3 nitrogen and oxygen atoms in total. The first-order chi connectivity index (χ1) is 9.88. The number of hydrogen-bond donors (Lipinski definition) is 2. The molecule has 2 aromatic carbocycles. The first kappa shape index (κ1) is 16.2. The third-order valence-electron chi connectivity index (χ3n) is 2.67. The van der Waals surface area contributed by atoms with E-state index in [-0.39, 0.29) is 10.9 Å². The summed E-state index contributed by atoms with van der Waals surface area (Å²) in [5.74, 6) is -0.341. The predicted octanol–water partition coefficient (Wildman–Crippen LogP) is 4.64. The highest BCUT2D eigenvalue weighted by molar-refractivity contribution is 9.10. The van der Waals surface area contributed by atoms with Crippen LogP contribution in [0.3, 0.4) is 0 Å². The van der Waals surface area contributed by atoms with E-state index in [9.17, 15) is 4.79 Å². The van der Waals surface area contributed by atoms with Crippen LogP contribution in [0.25, 0.3) is 0 Å². The van der Waals surface area contributed by atoms with E-state index in [1.165, 1.54) is 0 Å². The smallest absolute Gasteiger partial charge is 0.256 e. The summed E-state index contributed by atoms with van der Waals surface area (Å²) < 4.78 is 0.631. The minimum Gasteiger partial charge on any atom is -0.389 e. The second-order valence-corrected chi connectivity index (χ2v) is 6.27. The first-order valence-corrected chi connectivity index (χ1v) is 7.70. The largest absolute Gasteiger partial charge is 0.389 e. The van der Waals surface area contributed by atoms with Crippen molar-refractivity contribution in [2.75, 3.05) is 5.32 Å². The Bertz CT molecular complexity index is 737. The topological polar surface area (TPSA) is 55.1 Å². The van der Waals surface area contributed by atoms with Crippen LogP contribution in [0.4, 0.5) is 5.69 Å². The highest BCUT2D eigenvalue weighted by Gasteiger charge is 2.13. The maximum atomic E-state index is 12.3. The number of benzene rings is 2. The Morgan fingerprint density at radius 1 is 1.19 bits per heavy atom. The Morgan fingerprint density at radius 3 is 2.57 bits per heavy atom. The Morgan fingerprint density at radius 2 is 1.90 bits per heavy atom. The van der Waals surface area contributed by atoms with Crippen molar-refractivity contribution in [3.63, 3.8) is 0 Å². The van der Waals surface area contributed by atoms with Crippen molar-refractivity contribution in [3.05, 3.63) is 62.0 Å². The highest BCUT2D eigenvalue weighted by Crippen LogP contribution is 2.26. The monoisotopic (exact) mass is 402 g/mol. The van der Waals surface area contributed by atoms with E-state index >= 15 is 0 Å². The maximum Gasteiger partial charge on any atom is 0.256 e. The van der Waals surface area contributed by atoms with Gasteiger partial charge in [0, 0.05) is 15.1 Å². The van der Waals surface area contributed by atoms with Gasteiger partial charge in [-0.1, -0.05) is 41.5 Å². The molecule has 0 spiro atoms. The van der Waals surface area contributed by atoms with Gasteiger partial charge in [-0.3, -0.25) is 4.79 Å². The normalized spacial score (nSPS) is 10.2. The molecule has 0 unspecified atom stereocenters. The van der Waals surface area contributed by atoms with Gasteiger partial charge in [0.15, 0.2) is 0 Å². The molecule has 0 saturated carbocycles. The van der Waals surface area contributed by atoms with Crippen LogP contribution in [-0.2, 0) is 0 Å². The third-order valence-corrected chi connectivity index (χ3v) is 4.16. The zero-order valence-electron chi connectivity index (χ0n) is 10.5. The summed E-state index contributed by atoms with van der Waals surface area (Å²) in [6, 6.07) is 9.88. The van der Waals surface area contributed by atoms with Gasteiger partial charge in [-0.15, -0.1) is 0 Å². The number of carbonyl (C=O) groups excluding carboxylic acids is 1. The molecule has 0 radical (unpaired) electrons. The van der Waals surface area contributed by atoms with E-state index in [1.807, 2.05) is 0 Å². The number of rotatable bonds is 3. The molecule has 0 aliphatic heterocycles. The molecule has 2 aromatic rings. The van der Waals surface area contributed by atoms with Gasteiger partial charge in [-0.05, 0) is 46.3 Å². The van der Waals surface area contributed by atoms with Crippen LogP contribution in [0.1, 0.15) is 15.9 Å². The zero-order valence-corrected chi connectivity index (χ0v) is 14.4. The van der Waals surface area contributed by atoms with Gasteiger partial charge in [-0.2, -0.15) is 0 Å². The highest BCUT2D eigenvalue weighted by atomic mass is 79.9. The average molecular weight is 404 g/mol. The minimum atomic E-state index is -0.341. The molecule has 7 heteroatoms. The SMILES string of the molecule is NC(=S)c1ccc(Cl)c(NC(=O)c2cc(Cl)ccc2Br)c1. The second-order valence-electron chi connectivity index (χ2n) is 4.14. The number of amides is 1. The maximum absolute atomic E-state index is 12.3. The van der Waals surface area contributed by atoms with Crippen LogP contribution in [0.2, 0.25) is 10.0 Å². The fourth-order valence-electron chi connectivity index (χ4n) is 1.64. The van der Waals surface area contributed by atoms with Crippen molar-refractivity contribution in [1.82, 2.24) is 0 Å². The van der Waals surface area contributed by atoms with Crippen LogP contribution >= 0.6 is 51.3 Å². The summed E-state index contributed by atoms with van der Waals surface area (Å²) in [7, 11) is 0. The summed E-state index contributed by atoms with van der Waals surface area (Å²) in [6.07, 6.45) is 0. The molecule has 1 amide bonds. The predicted molar refractivity (Wildman–Crippen MR) is 94.4 cm³/mol. The van der Waals surface area contributed by atoms with E-state index in [4.69, 9.17) is 41.2 Å². The van der Waals surface area contributed by atoms with E-state index in [2.05, 4.69) is 21.2 Å². The molecule has 108 valence electrons. The molecule has 0 aliphatic rings. The molecule has 0 bridgehead atoms. The van der Waals surface area contributed by atoms with E-state index in [0.717, 1.165) is 0 Å². The van der Waals surface area contributed by atoms with Crippen molar-refractivity contribution in [1.29, 1.82) is 0 Å². The number of hydrogen-bond acceptors (Lipinski definition) is 2. The van der Waals surface area contributed by atoms with Crippen molar-refractivity contribution < 1.29 is 4.79 Å². The minimum absolute atomic E-state index is 0.228. The van der Waals surface area contributed by atoms with Crippen LogP contribution in [0.15, 0.2) is 40.9 Å². The standard InChI is InChI=1S/C14H9BrCl2N2OS/c15-10-3-2-8(16)6-9(10)14(20)19-12-5-7(13(18)21)1-4-11(12)17/h1-6H,(H2,18,21)(H,19,20). The molecule has 0 saturated heterocycles. The summed E-state index contributed by atoms with van der Waals surface area (Å²) in [4.78, 5) is 12.5. The lowest BCUT2D eigenvalue weighted by Crippen LogP contribution is -2.14. The number of carbonyl (C=O) groups is 1. The van der Waals surface area contributed by atoms with Crippen molar-refractivity contribution in [2.45, 2.75) is 0 Å². The molecule has 0 atom stereocenters. The molecule has 0 fully saturated rings. The Labute approximate surface area is 145 Å². The Hall–Kier alpha value is -1.14. The lowest BCUT2D eigenvalue weighted by atomic mass is 10.1.